The Morgan fingerprint density at radius 3 is 1.73 bits per heavy atom. The predicted octanol–water partition coefficient (Wildman–Crippen LogP) is 3.93. The molecule has 0 amide bonds. The molecular weight excluding hydrogens is 396 g/mol. The molecule has 30 heavy (non-hydrogen) atoms. The van der Waals surface area contributed by atoms with Crippen LogP contribution in [0.2, 0.25) is 5.02 Å². The minimum atomic E-state index is 0. The molecule has 0 aromatic heterocycles. The van der Waals surface area contributed by atoms with Crippen LogP contribution in [-0.2, 0) is 0 Å². The van der Waals surface area contributed by atoms with Crippen molar-refractivity contribution in [2.24, 2.45) is 0 Å². The van der Waals surface area contributed by atoms with Crippen molar-refractivity contribution >= 4 is 23.0 Å². The Balaban J connectivity index is 0.00000256. The summed E-state index contributed by atoms with van der Waals surface area (Å²) < 4.78 is 5.36. The summed E-state index contributed by atoms with van der Waals surface area (Å²) in [6, 6.07) is 16.6. The third-order valence-corrected chi connectivity index (χ3v) is 6.30. The Morgan fingerprint density at radius 2 is 1.23 bits per heavy atom. The first kappa shape index (κ1) is 22.7. The van der Waals surface area contributed by atoms with E-state index in [-0.39, 0.29) is 7.43 Å². The summed E-state index contributed by atoms with van der Waals surface area (Å²) in [7, 11) is 1.73. The second-order valence-corrected chi connectivity index (χ2v) is 8.28. The lowest BCUT2D eigenvalue weighted by molar-refractivity contribution is 0.190. The van der Waals surface area contributed by atoms with Crippen LogP contribution in [0.1, 0.15) is 7.43 Å². The Bertz CT molecular complexity index is 786. The van der Waals surface area contributed by atoms with Gasteiger partial charge in [0.2, 0.25) is 0 Å². The predicted molar refractivity (Wildman–Crippen MR) is 128 cm³/mol. The Kier molecular flexibility index (Phi) is 8.25. The number of benzene rings is 2. The molecule has 0 radical (unpaired) electrons. The van der Waals surface area contributed by atoms with Gasteiger partial charge in [0.1, 0.15) is 5.75 Å². The van der Waals surface area contributed by atoms with Gasteiger partial charge in [0, 0.05) is 87.9 Å². The molecule has 164 valence electrons. The number of anilines is 2. The lowest BCUT2D eigenvalue weighted by Gasteiger charge is -2.39. The summed E-state index contributed by atoms with van der Waals surface area (Å²) in [4.78, 5) is 10.1. The van der Waals surface area contributed by atoms with Crippen LogP contribution in [-0.4, -0.2) is 82.4 Å². The van der Waals surface area contributed by atoms with E-state index in [1.165, 1.54) is 11.4 Å². The van der Waals surface area contributed by atoms with Gasteiger partial charge in [-0.05, 0) is 30.3 Å². The van der Waals surface area contributed by atoms with Gasteiger partial charge >= 0.3 is 0 Å². The van der Waals surface area contributed by atoms with Gasteiger partial charge in [-0.2, -0.15) is 0 Å². The summed E-state index contributed by atoms with van der Waals surface area (Å²) in [6.07, 6.45) is 0. The van der Waals surface area contributed by atoms with Crippen molar-refractivity contribution in [2.75, 3.05) is 82.4 Å². The molecule has 0 bridgehead atoms. The van der Waals surface area contributed by atoms with Gasteiger partial charge in [0.05, 0.1) is 7.11 Å². The molecule has 2 aliphatic heterocycles. The van der Waals surface area contributed by atoms with Crippen LogP contribution < -0.4 is 14.5 Å². The zero-order valence-electron chi connectivity index (χ0n) is 17.3. The van der Waals surface area contributed by atoms with E-state index < -0.39 is 0 Å². The van der Waals surface area contributed by atoms with Crippen molar-refractivity contribution in [1.82, 2.24) is 9.80 Å². The summed E-state index contributed by atoms with van der Waals surface area (Å²) in [5.41, 5.74) is 2.51. The van der Waals surface area contributed by atoms with Gasteiger partial charge in [0.15, 0.2) is 0 Å². The third-order valence-electron chi connectivity index (χ3n) is 6.07. The molecule has 2 heterocycles. The van der Waals surface area contributed by atoms with E-state index in [0.717, 1.165) is 76.2 Å². The number of nitrogens with zero attached hydrogens (tertiary/aromatic N) is 4. The first-order chi connectivity index (χ1) is 14.2. The van der Waals surface area contributed by atoms with E-state index in [1.54, 1.807) is 7.11 Å². The molecule has 2 saturated heterocycles. The number of ether oxygens (including phenoxy) is 1. The molecule has 2 aliphatic rings. The maximum absolute atomic E-state index is 6.14. The highest BCUT2D eigenvalue weighted by Gasteiger charge is 2.20. The summed E-state index contributed by atoms with van der Waals surface area (Å²) in [6.45, 7) is 11.1. The maximum atomic E-state index is 6.14. The van der Waals surface area contributed by atoms with Gasteiger partial charge in [-0.3, -0.25) is 9.80 Å². The average molecular weight is 431 g/mol. The number of hydrogen-bond acceptors (Lipinski definition) is 5. The monoisotopic (exact) mass is 430 g/mol. The summed E-state index contributed by atoms with van der Waals surface area (Å²) in [5.74, 6) is 0.932. The highest BCUT2D eigenvalue weighted by Crippen LogP contribution is 2.23. The highest BCUT2D eigenvalue weighted by atomic mass is 35.5. The molecule has 0 saturated carbocycles. The minimum absolute atomic E-state index is 0. The topological polar surface area (TPSA) is 22.2 Å². The SMILES string of the molecule is C.COc1cccc(N2CCN(CCN3CCN(c4cccc(Cl)c4)CC3)CC2)c1. The quantitative estimate of drug-likeness (QED) is 0.690. The fourth-order valence-corrected chi connectivity index (χ4v) is 4.41. The van der Waals surface area contributed by atoms with E-state index in [4.69, 9.17) is 16.3 Å². The van der Waals surface area contributed by atoms with Crippen molar-refractivity contribution in [1.29, 1.82) is 0 Å². The smallest absolute Gasteiger partial charge is 0.120 e. The number of rotatable bonds is 6. The first-order valence-corrected chi connectivity index (χ1v) is 10.9. The molecule has 4 rings (SSSR count). The van der Waals surface area contributed by atoms with Crippen molar-refractivity contribution < 1.29 is 4.74 Å². The number of halogens is 1. The molecule has 2 fully saturated rings. The largest absolute Gasteiger partial charge is 0.497 e. The third kappa shape index (κ3) is 5.81. The Hall–Kier alpha value is -1.95. The molecule has 2 aromatic carbocycles. The standard InChI is InChI=1S/C23H31ClN4O.CH4/c1-29-23-7-3-6-22(19-23)28-16-12-26(13-17-28)9-8-25-10-14-27(15-11-25)21-5-2-4-20(24)18-21;/h2-7,18-19H,8-17H2,1H3;1H4. The van der Waals surface area contributed by atoms with Crippen molar-refractivity contribution in [2.45, 2.75) is 7.43 Å². The van der Waals surface area contributed by atoms with E-state index in [9.17, 15) is 0 Å². The Morgan fingerprint density at radius 1 is 0.733 bits per heavy atom. The molecular formula is C24H35ClN4O. The average Bonchev–Trinajstić information content (AvgIpc) is 2.78. The lowest BCUT2D eigenvalue weighted by Crippen LogP contribution is -2.51. The van der Waals surface area contributed by atoms with Crippen molar-refractivity contribution in [3.63, 3.8) is 0 Å². The molecule has 0 spiro atoms. The summed E-state index contributed by atoms with van der Waals surface area (Å²) in [5, 5.41) is 0.818. The van der Waals surface area contributed by atoms with Crippen LogP contribution in [0, 0.1) is 0 Å². The van der Waals surface area contributed by atoms with E-state index in [1.807, 2.05) is 18.2 Å². The van der Waals surface area contributed by atoms with Gasteiger partial charge < -0.3 is 14.5 Å². The molecule has 0 unspecified atom stereocenters. The van der Waals surface area contributed by atoms with Gasteiger partial charge in [-0.1, -0.05) is 31.2 Å². The molecule has 0 atom stereocenters. The number of piperazine rings is 2. The molecule has 2 aromatic rings. The minimum Gasteiger partial charge on any atom is -0.497 e. The lowest BCUT2D eigenvalue weighted by atomic mass is 10.2. The number of methoxy groups -OCH3 is 1. The van der Waals surface area contributed by atoms with Crippen LogP contribution in [0.15, 0.2) is 48.5 Å². The fourth-order valence-electron chi connectivity index (χ4n) is 4.22. The normalized spacial score (nSPS) is 18.2. The van der Waals surface area contributed by atoms with E-state index in [0.29, 0.717) is 0 Å². The second-order valence-electron chi connectivity index (χ2n) is 7.84. The zero-order valence-corrected chi connectivity index (χ0v) is 18.0. The molecule has 0 N–H and O–H groups in total. The van der Waals surface area contributed by atoms with Gasteiger partial charge in [-0.15, -0.1) is 0 Å². The van der Waals surface area contributed by atoms with Crippen LogP contribution >= 0.6 is 11.6 Å². The Labute approximate surface area is 186 Å². The van der Waals surface area contributed by atoms with Crippen LogP contribution in [0.3, 0.4) is 0 Å². The summed E-state index contributed by atoms with van der Waals surface area (Å²) >= 11 is 6.14. The first-order valence-electron chi connectivity index (χ1n) is 10.6. The number of hydrogen-bond donors (Lipinski definition) is 0. The zero-order chi connectivity index (χ0) is 20.1. The van der Waals surface area contributed by atoms with Crippen molar-refractivity contribution in [3.8, 4) is 5.75 Å². The van der Waals surface area contributed by atoms with Crippen molar-refractivity contribution in [3.05, 3.63) is 53.6 Å². The molecule has 6 heteroatoms. The molecule has 0 aliphatic carbocycles. The highest BCUT2D eigenvalue weighted by molar-refractivity contribution is 6.30. The van der Waals surface area contributed by atoms with Crippen LogP contribution in [0.4, 0.5) is 11.4 Å². The van der Waals surface area contributed by atoms with Gasteiger partial charge in [-0.25, -0.2) is 0 Å². The second kappa shape index (κ2) is 10.9. The van der Waals surface area contributed by atoms with E-state index in [2.05, 4.69) is 49.9 Å². The van der Waals surface area contributed by atoms with E-state index >= 15 is 0 Å². The van der Waals surface area contributed by atoms with Crippen LogP contribution in [0.25, 0.3) is 0 Å². The van der Waals surface area contributed by atoms with Crippen LogP contribution in [0.5, 0.6) is 5.75 Å². The maximum Gasteiger partial charge on any atom is 0.120 e. The molecule has 5 nitrogen and oxygen atoms in total. The fraction of sp³-hybridized carbons (Fsp3) is 0.500. The van der Waals surface area contributed by atoms with Gasteiger partial charge in [0.25, 0.3) is 0 Å².